The van der Waals surface area contributed by atoms with Crippen molar-refractivity contribution < 1.29 is 14.0 Å². The topological polar surface area (TPSA) is 90.1 Å². The zero-order chi connectivity index (χ0) is 22.0. The second kappa shape index (κ2) is 9.05. The predicted octanol–water partition coefficient (Wildman–Crippen LogP) is 3.75. The van der Waals surface area contributed by atoms with Gasteiger partial charge in [-0.1, -0.05) is 23.2 Å². The summed E-state index contributed by atoms with van der Waals surface area (Å²) in [5.41, 5.74) is 0.460. The Morgan fingerprint density at radius 1 is 1.10 bits per heavy atom. The van der Waals surface area contributed by atoms with Crippen LogP contribution in [0.15, 0.2) is 42.7 Å². The quantitative estimate of drug-likeness (QED) is 0.397. The highest BCUT2D eigenvalue weighted by molar-refractivity contribution is 6.37. The van der Waals surface area contributed by atoms with Crippen molar-refractivity contribution in [3.63, 3.8) is 0 Å². The number of anilines is 2. The number of ketones is 1. The highest BCUT2D eigenvalue weighted by Crippen LogP contribution is 2.28. The summed E-state index contributed by atoms with van der Waals surface area (Å²) in [6.07, 6.45) is 2.95. The normalized spacial score (nSPS) is 13.8. The van der Waals surface area contributed by atoms with Crippen LogP contribution in [0.4, 0.5) is 15.9 Å². The Hall–Kier alpha value is -2.94. The molecule has 2 aromatic heterocycles. The highest BCUT2D eigenvalue weighted by Gasteiger charge is 2.22. The van der Waals surface area contributed by atoms with E-state index in [0.717, 1.165) is 32.0 Å². The SMILES string of the molecule is O=C(Nc1ccnc(N2CCNCC2)c1)c1cc(C(=O)c2c(Cl)ccc(Cl)c2F)c[nH]1. The molecule has 1 amide bonds. The summed E-state index contributed by atoms with van der Waals surface area (Å²) < 4.78 is 14.3. The van der Waals surface area contributed by atoms with Gasteiger partial charge in [0, 0.05) is 55.9 Å². The maximum atomic E-state index is 14.3. The molecule has 4 rings (SSSR count). The maximum absolute atomic E-state index is 14.3. The Bertz CT molecular complexity index is 1140. The third-order valence-electron chi connectivity index (χ3n) is 4.91. The molecule has 1 fully saturated rings. The monoisotopic (exact) mass is 461 g/mol. The largest absolute Gasteiger partial charge is 0.356 e. The average Bonchev–Trinajstić information content (AvgIpc) is 3.28. The molecule has 0 atom stereocenters. The molecule has 1 saturated heterocycles. The van der Waals surface area contributed by atoms with E-state index in [1.165, 1.54) is 24.4 Å². The third kappa shape index (κ3) is 4.56. The van der Waals surface area contributed by atoms with Gasteiger partial charge in [-0.05, 0) is 24.3 Å². The molecule has 31 heavy (non-hydrogen) atoms. The van der Waals surface area contributed by atoms with Crippen molar-refractivity contribution in [2.75, 3.05) is 36.4 Å². The van der Waals surface area contributed by atoms with Gasteiger partial charge in [0.1, 0.15) is 11.5 Å². The fourth-order valence-corrected chi connectivity index (χ4v) is 3.69. The van der Waals surface area contributed by atoms with Crippen LogP contribution >= 0.6 is 23.2 Å². The van der Waals surface area contributed by atoms with Gasteiger partial charge >= 0.3 is 0 Å². The number of nitrogens with zero attached hydrogens (tertiary/aromatic N) is 2. The summed E-state index contributed by atoms with van der Waals surface area (Å²) in [6, 6.07) is 7.43. The summed E-state index contributed by atoms with van der Waals surface area (Å²) >= 11 is 11.7. The van der Waals surface area contributed by atoms with Crippen LogP contribution in [0.1, 0.15) is 26.4 Å². The Labute approximate surface area is 187 Å². The van der Waals surface area contributed by atoms with Crippen LogP contribution in [0, 0.1) is 5.82 Å². The summed E-state index contributed by atoms with van der Waals surface area (Å²) in [7, 11) is 0. The molecular formula is C21H18Cl2FN5O2. The zero-order valence-electron chi connectivity index (χ0n) is 16.2. The summed E-state index contributed by atoms with van der Waals surface area (Å²) in [5.74, 6) is -1.25. The number of rotatable bonds is 5. The number of H-pyrrole nitrogens is 1. The fraction of sp³-hybridized carbons (Fsp3) is 0.190. The Morgan fingerprint density at radius 2 is 1.84 bits per heavy atom. The van der Waals surface area contributed by atoms with Crippen LogP contribution < -0.4 is 15.5 Å². The minimum Gasteiger partial charge on any atom is -0.356 e. The van der Waals surface area contributed by atoms with E-state index in [2.05, 4.69) is 25.5 Å². The smallest absolute Gasteiger partial charge is 0.272 e. The van der Waals surface area contributed by atoms with E-state index in [0.29, 0.717) is 5.69 Å². The van der Waals surface area contributed by atoms with Gasteiger partial charge in [-0.3, -0.25) is 9.59 Å². The molecule has 0 aliphatic carbocycles. The first-order valence-electron chi connectivity index (χ1n) is 9.53. The van der Waals surface area contributed by atoms with Gasteiger partial charge in [-0.2, -0.15) is 0 Å². The Balaban J connectivity index is 1.50. The molecule has 0 radical (unpaired) electrons. The number of pyridine rings is 1. The fourth-order valence-electron chi connectivity index (χ4n) is 3.30. The molecule has 0 saturated carbocycles. The summed E-state index contributed by atoms with van der Waals surface area (Å²) in [5, 5.41) is 5.78. The molecule has 0 bridgehead atoms. The summed E-state index contributed by atoms with van der Waals surface area (Å²) in [6.45, 7) is 3.40. The van der Waals surface area contributed by atoms with E-state index in [1.807, 2.05) is 0 Å². The van der Waals surface area contributed by atoms with Crippen molar-refractivity contribution in [1.82, 2.24) is 15.3 Å². The molecule has 10 heteroatoms. The summed E-state index contributed by atoms with van der Waals surface area (Å²) in [4.78, 5) is 34.6. The predicted molar refractivity (Wildman–Crippen MR) is 118 cm³/mol. The van der Waals surface area contributed by atoms with E-state index in [-0.39, 0.29) is 26.9 Å². The molecule has 1 aromatic carbocycles. The molecule has 3 heterocycles. The number of hydrogen-bond acceptors (Lipinski definition) is 5. The first kappa shape index (κ1) is 21.3. The number of carbonyl (C=O) groups excluding carboxylic acids is 2. The molecule has 160 valence electrons. The number of halogens is 3. The number of hydrogen-bond donors (Lipinski definition) is 3. The van der Waals surface area contributed by atoms with Crippen molar-refractivity contribution in [3.05, 3.63) is 75.4 Å². The first-order valence-corrected chi connectivity index (χ1v) is 10.3. The van der Waals surface area contributed by atoms with Gasteiger partial charge in [0.05, 0.1) is 15.6 Å². The van der Waals surface area contributed by atoms with Crippen molar-refractivity contribution in [1.29, 1.82) is 0 Å². The number of aromatic amines is 1. The molecule has 3 aromatic rings. The van der Waals surface area contributed by atoms with Crippen molar-refractivity contribution in [3.8, 4) is 0 Å². The Kier molecular flexibility index (Phi) is 6.22. The molecule has 0 unspecified atom stereocenters. The van der Waals surface area contributed by atoms with Crippen LogP contribution in [0.25, 0.3) is 0 Å². The van der Waals surface area contributed by atoms with Gasteiger partial charge in [0.15, 0.2) is 11.6 Å². The van der Waals surface area contributed by atoms with Gasteiger partial charge in [-0.15, -0.1) is 0 Å². The lowest BCUT2D eigenvalue weighted by molar-refractivity contribution is 0.102. The minimum absolute atomic E-state index is 0.0590. The number of piperazine rings is 1. The molecule has 1 aliphatic rings. The standard InChI is InChI=1S/C21H18Cl2FN5O2/c22-14-1-2-15(23)19(24)18(14)20(30)12-9-16(27-11-12)21(31)28-13-3-4-26-17(10-13)29-7-5-25-6-8-29/h1-4,9-11,25,27H,5-8H2,(H,26,28,31). The lowest BCUT2D eigenvalue weighted by Gasteiger charge is -2.28. The van der Waals surface area contributed by atoms with Crippen LogP contribution in [-0.4, -0.2) is 47.8 Å². The lowest BCUT2D eigenvalue weighted by Crippen LogP contribution is -2.43. The molecule has 0 spiro atoms. The van der Waals surface area contributed by atoms with Gasteiger partial charge in [0.2, 0.25) is 0 Å². The van der Waals surface area contributed by atoms with E-state index in [4.69, 9.17) is 23.2 Å². The lowest BCUT2D eigenvalue weighted by atomic mass is 10.0. The average molecular weight is 462 g/mol. The number of amides is 1. The van der Waals surface area contributed by atoms with E-state index < -0.39 is 17.5 Å². The maximum Gasteiger partial charge on any atom is 0.272 e. The number of benzene rings is 1. The zero-order valence-corrected chi connectivity index (χ0v) is 17.7. The van der Waals surface area contributed by atoms with Gasteiger partial charge in [0.25, 0.3) is 5.91 Å². The minimum atomic E-state index is -0.899. The van der Waals surface area contributed by atoms with Crippen molar-refractivity contribution >= 4 is 46.4 Å². The third-order valence-corrected chi connectivity index (χ3v) is 5.51. The Morgan fingerprint density at radius 3 is 2.61 bits per heavy atom. The van der Waals surface area contributed by atoms with Crippen LogP contribution in [0.5, 0.6) is 0 Å². The van der Waals surface area contributed by atoms with Crippen molar-refractivity contribution in [2.24, 2.45) is 0 Å². The van der Waals surface area contributed by atoms with Gasteiger partial charge in [-0.25, -0.2) is 9.37 Å². The highest BCUT2D eigenvalue weighted by atomic mass is 35.5. The van der Waals surface area contributed by atoms with E-state index >= 15 is 0 Å². The second-order valence-corrected chi connectivity index (χ2v) is 7.76. The second-order valence-electron chi connectivity index (χ2n) is 6.94. The molecule has 7 nitrogen and oxygen atoms in total. The first-order chi connectivity index (χ1) is 14.9. The molecule has 3 N–H and O–H groups in total. The number of aromatic nitrogens is 2. The van der Waals surface area contributed by atoms with Gasteiger partial charge < -0.3 is 20.5 Å². The number of carbonyl (C=O) groups is 2. The molecular weight excluding hydrogens is 444 g/mol. The number of nitrogens with one attached hydrogen (secondary N) is 3. The van der Waals surface area contributed by atoms with E-state index in [1.54, 1.807) is 18.3 Å². The van der Waals surface area contributed by atoms with E-state index in [9.17, 15) is 14.0 Å². The van der Waals surface area contributed by atoms with Crippen LogP contribution in [0.2, 0.25) is 10.0 Å². The van der Waals surface area contributed by atoms with Crippen LogP contribution in [-0.2, 0) is 0 Å². The molecule has 1 aliphatic heterocycles. The van der Waals surface area contributed by atoms with Crippen molar-refractivity contribution in [2.45, 2.75) is 0 Å². The van der Waals surface area contributed by atoms with Crippen LogP contribution in [0.3, 0.4) is 0 Å².